The lowest BCUT2D eigenvalue weighted by atomic mass is 9.96. The fourth-order valence-electron chi connectivity index (χ4n) is 2.41. The highest BCUT2D eigenvalue weighted by Gasteiger charge is 2.27. The first kappa shape index (κ1) is 16.1. The number of piperidine rings is 1. The third-order valence-electron chi connectivity index (χ3n) is 3.56. The topological polar surface area (TPSA) is 84.4 Å². The smallest absolute Gasteiger partial charge is 0.211 e. The van der Waals surface area contributed by atoms with Crippen LogP contribution in [0.4, 0.5) is 5.82 Å². The lowest BCUT2D eigenvalue weighted by Crippen LogP contribution is -2.38. The number of methoxy groups -OCH3 is 1. The molecule has 0 aliphatic carbocycles. The van der Waals surface area contributed by atoms with Crippen LogP contribution in [-0.2, 0) is 14.8 Å². The van der Waals surface area contributed by atoms with Gasteiger partial charge in [-0.25, -0.2) is 17.7 Å². The van der Waals surface area contributed by atoms with Crippen LogP contribution in [0.15, 0.2) is 12.4 Å². The number of aromatic nitrogens is 2. The second-order valence-electron chi connectivity index (χ2n) is 5.21. The SMILES string of the molecule is COCCNc1cnc(C2CCCN(S(C)(=O)=O)C2)cn1. The molecule has 0 spiro atoms. The first-order valence-corrected chi connectivity index (χ1v) is 8.85. The zero-order valence-electron chi connectivity index (χ0n) is 12.4. The van der Waals surface area contributed by atoms with Crippen LogP contribution < -0.4 is 5.32 Å². The van der Waals surface area contributed by atoms with Gasteiger partial charge in [0.2, 0.25) is 10.0 Å². The van der Waals surface area contributed by atoms with Crippen molar-refractivity contribution in [2.24, 2.45) is 0 Å². The van der Waals surface area contributed by atoms with Crippen molar-refractivity contribution in [1.82, 2.24) is 14.3 Å². The van der Waals surface area contributed by atoms with E-state index in [1.807, 2.05) is 0 Å². The molecule has 118 valence electrons. The number of rotatable bonds is 6. The van der Waals surface area contributed by atoms with Gasteiger partial charge in [0.1, 0.15) is 5.82 Å². The Labute approximate surface area is 125 Å². The molecule has 0 amide bonds. The quantitative estimate of drug-likeness (QED) is 0.777. The monoisotopic (exact) mass is 314 g/mol. The molecule has 2 heterocycles. The number of ether oxygens (including phenoxy) is 1. The molecule has 1 fully saturated rings. The Morgan fingerprint density at radius 2 is 2.24 bits per heavy atom. The molecular formula is C13H22N4O3S. The lowest BCUT2D eigenvalue weighted by molar-refractivity contribution is 0.210. The van der Waals surface area contributed by atoms with E-state index in [-0.39, 0.29) is 5.92 Å². The van der Waals surface area contributed by atoms with Gasteiger partial charge in [0.05, 0.1) is 31.0 Å². The van der Waals surface area contributed by atoms with Crippen LogP contribution >= 0.6 is 0 Å². The van der Waals surface area contributed by atoms with Gasteiger partial charge in [-0.05, 0) is 12.8 Å². The standard InChI is InChI=1S/C13H22N4O3S/c1-20-7-5-14-13-9-15-12(8-16-13)11-4-3-6-17(10-11)21(2,18)19/h8-9,11H,3-7,10H2,1-2H3,(H,14,16). The molecule has 8 heteroatoms. The van der Waals surface area contributed by atoms with E-state index in [1.54, 1.807) is 19.5 Å². The maximum atomic E-state index is 11.6. The summed E-state index contributed by atoms with van der Waals surface area (Å²) < 4.78 is 29.7. The molecule has 1 atom stereocenters. The third kappa shape index (κ3) is 4.62. The predicted molar refractivity (Wildman–Crippen MR) is 80.8 cm³/mol. The van der Waals surface area contributed by atoms with E-state index in [0.29, 0.717) is 32.1 Å². The van der Waals surface area contributed by atoms with Gasteiger partial charge in [-0.3, -0.25) is 4.98 Å². The largest absolute Gasteiger partial charge is 0.383 e. The summed E-state index contributed by atoms with van der Waals surface area (Å²) in [5.74, 6) is 0.820. The average molecular weight is 314 g/mol. The molecule has 0 radical (unpaired) electrons. The van der Waals surface area contributed by atoms with Gasteiger partial charge >= 0.3 is 0 Å². The van der Waals surface area contributed by atoms with Crippen molar-refractivity contribution < 1.29 is 13.2 Å². The van der Waals surface area contributed by atoms with Gasteiger partial charge in [-0.15, -0.1) is 0 Å². The number of nitrogens with zero attached hydrogens (tertiary/aromatic N) is 3. The minimum absolute atomic E-state index is 0.119. The van der Waals surface area contributed by atoms with Crippen molar-refractivity contribution >= 4 is 15.8 Å². The molecule has 0 saturated carbocycles. The third-order valence-corrected chi connectivity index (χ3v) is 4.83. The van der Waals surface area contributed by atoms with Crippen molar-refractivity contribution in [3.63, 3.8) is 0 Å². The summed E-state index contributed by atoms with van der Waals surface area (Å²) in [5.41, 5.74) is 0.848. The number of sulfonamides is 1. The first-order valence-electron chi connectivity index (χ1n) is 7.00. The summed E-state index contributed by atoms with van der Waals surface area (Å²) >= 11 is 0. The summed E-state index contributed by atoms with van der Waals surface area (Å²) in [7, 11) is -1.49. The van der Waals surface area contributed by atoms with Crippen LogP contribution in [0.2, 0.25) is 0 Å². The molecule has 2 rings (SSSR count). The normalized spacial score (nSPS) is 20.4. The lowest BCUT2D eigenvalue weighted by Gasteiger charge is -2.30. The van der Waals surface area contributed by atoms with E-state index >= 15 is 0 Å². The summed E-state index contributed by atoms with van der Waals surface area (Å²) in [4.78, 5) is 8.73. The summed E-state index contributed by atoms with van der Waals surface area (Å²) in [6, 6.07) is 0. The van der Waals surface area contributed by atoms with Gasteiger partial charge in [0.25, 0.3) is 0 Å². The van der Waals surface area contributed by atoms with Crippen LogP contribution in [-0.4, -0.2) is 62.3 Å². The van der Waals surface area contributed by atoms with Gasteiger partial charge < -0.3 is 10.1 Å². The molecule has 21 heavy (non-hydrogen) atoms. The van der Waals surface area contributed by atoms with Gasteiger partial charge in [0.15, 0.2) is 0 Å². The highest BCUT2D eigenvalue weighted by Crippen LogP contribution is 2.26. The Morgan fingerprint density at radius 1 is 1.43 bits per heavy atom. The van der Waals surface area contributed by atoms with E-state index in [4.69, 9.17) is 4.74 Å². The second-order valence-corrected chi connectivity index (χ2v) is 7.19. The van der Waals surface area contributed by atoms with Crippen LogP contribution in [0, 0.1) is 0 Å². The van der Waals surface area contributed by atoms with Gasteiger partial charge in [-0.1, -0.05) is 0 Å². The second kappa shape index (κ2) is 7.15. The molecule has 1 unspecified atom stereocenters. The molecule has 1 saturated heterocycles. The van der Waals surface area contributed by atoms with Crippen LogP contribution in [0.5, 0.6) is 0 Å². The van der Waals surface area contributed by atoms with Crippen molar-refractivity contribution in [2.45, 2.75) is 18.8 Å². The number of anilines is 1. The van der Waals surface area contributed by atoms with Gasteiger partial charge in [0, 0.05) is 32.7 Å². The molecule has 1 N–H and O–H groups in total. The Kier molecular flexibility index (Phi) is 5.49. The highest BCUT2D eigenvalue weighted by molar-refractivity contribution is 7.88. The zero-order valence-corrected chi connectivity index (χ0v) is 13.3. The maximum absolute atomic E-state index is 11.6. The average Bonchev–Trinajstić information content (AvgIpc) is 2.47. The van der Waals surface area contributed by atoms with Crippen LogP contribution in [0.1, 0.15) is 24.5 Å². The molecule has 1 aromatic rings. The first-order chi connectivity index (χ1) is 10.0. The van der Waals surface area contributed by atoms with E-state index in [1.165, 1.54) is 10.6 Å². The summed E-state index contributed by atoms with van der Waals surface area (Å²) in [6.45, 7) is 2.37. The van der Waals surface area contributed by atoms with Crippen LogP contribution in [0.25, 0.3) is 0 Å². The van der Waals surface area contributed by atoms with Crippen molar-refractivity contribution in [1.29, 1.82) is 0 Å². The van der Waals surface area contributed by atoms with Crippen molar-refractivity contribution in [3.05, 3.63) is 18.1 Å². The van der Waals surface area contributed by atoms with E-state index in [2.05, 4.69) is 15.3 Å². The number of hydrogen-bond acceptors (Lipinski definition) is 6. The molecule has 0 bridgehead atoms. The van der Waals surface area contributed by atoms with Crippen LogP contribution in [0.3, 0.4) is 0 Å². The molecule has 1 aliphatic rings. The fourth-order valence-corrected chi connectivity index (χ4v) is 3.32. The Bertz CT molecular complexity index is 547. The van der Waals surface area contributed by atoms with E-state index < -0.39 is 10.0 Å². The highest BCUT2D eigenvalue weighted by atomic mass is 32.2. The summed E-state index contributed by atoms with van der Waals surface area (Å²) in [6.07, 6.45) is 6.46. The minimum Gasteiger partial charge on any atom is -0.383 e. The maximum Gasteiger partial charge on any atom is 0.211 e. The van der Waals surface area contributed by atoms with Gasteiger partial charge in [-0.2, -0.15) is 0 Å². The Balaban J connectivity index is 1.98. The Morgan fingerprint density at radius 3 is 2.86 bits per heavy atom. The van der Waals surface area contributed by atoms with E-state index in [9.17, 15) is 8.42 Å². The molecule has 1 aromatic heterocycles. The Hall–Kier alpha value is -1.25. The number of nitrogens with one attached hydrogen (secondary N) is 1. The fraction of sp³-hybridized carbons (Fsp3) is 0.692. The minimum atomic E-state index is -3.13. The molecular weight excluding hydrogens is 292 g/mol. The summed E-state index contributed by atoms with van der Waals surface area (Å²) in [5, 5.41) is 3.10. The molecule has 1 aliphatic heterocycles. The zero-order chi connectivity index (χ0) is 15.3. The molecule has 0 aromatic carbocycles. The van der Waals surface area contributed by atoms with Crippen molar-refractivity contribution in [2.75, 3.05) is 44.9 Å². The molecule has 7 nitrogen and oxygen atoms in total. The van der Waals surface area contributed by atoms with Crippen molar-refractivity contribution in [3.8, 4) is 0 Å². The predicted octanol–water partition coefficient (Wildman–Crippen LogP) is 0.674. The number of hydrogen-bond donors (Lipinski definition) is 1. The van der Waals surface area contributed by atoms with E-state index in [0.717, 1.165) is 18.5 Å².